The molecular weight excluding hydrogens is 200 g/mol. The van der Waals surface area contributed by atoms with Gasteiger partial charge in [-0.1, -0.05) is 18.8 Å². The molecule has 2 unspecified atom stereocenters. The minimum Gasteiger partial charge on any atom is -0.341 e. The Hall–Kier alpha value is -1.01. The van der Waals surface area contributed by atoms with E-state index in [0.29, 0.717) is 0 Å². The summed E-state index contributed by atoms with van der Waals surface area (Å²) in [4.78, 5) is 14.1. The second-order valence-corrected chi connectivity index (χ2v) is 4.52. The molecular formula is C13H22N2O. The van der Waals surface area contributed by atoms with E-state index in [-0.39, 0.29) is 18.0 Å². The molecule has 1 saturated heterocycles. The molecule has 90 valence electrons. The van der Waals surface area contributed by atoms with Crippen LogP contribution < -0.4 is 5.32 Å². The Morgan fingerprint density at radius 1 is 1.25 bits per heavy atom. The fourth-order valence-corrected chi connectivity index (χ4v) is 2.06. The number of carbonyl (C=O) groups is 1. The van der Waals surface area contributed by atoms with Gasteiger partial charge in [0.2, 0.25) is 5.91 Å². The summed E-state index contributed by atoms with van der Waals surface area (Å²) < 4.78 is 0. The molecule has 0 saturated carbocycles. The minimum atomic E-state index is -0.177. The molecule has 3 heteroatoms. The zero-order valence-electron chi connectivity index (χ0n) is 10.3. The standard InChI is InChI=1S/C13H22N2O/c1-4-11(2)14-12(3)13(16)15-9-7-5-6-8-10-15/h1,11-12,14H,5-10H2,2-3H3. The van der Waals surface area contributed by atoms with Crippen molar-refractivity contribution in [2.45, 2.75) is 51.6 Å². The lowest BCUT2D eigenvalue weighted by Crippen LogP contribution is -2.47. The summed E-state index contributed by atoms with van der Waals surface area (Å²) in [5, 5.41) is 3.12. The number of nitrogens with one attached hydrogen (secondary N) is 1. The Morgan fingerprint density at radius 2 is 1.81 bits per heavy atom. The Labute approximate surface area is 98.6 Å². The molecule has 0 spiro atoms. The maximum absolute atomic E-state index is 12.1. The van der Waals surface area contributed by atoms with Crippen molar-refractivity contribution in [3.63, 3.8) is 0 Å². The number of amides is 1. The summed E-state index contributed by atoms with van der Waals surface area (Å²) >= 11 is 0. The highest BCUT2D eigenvalue weighted by Gasteiger charge is 2.21. The van der Waals surface area contributed by atoms with E-state index in [2.05, 4.69) is 11.2 Å². The summed E-state index contributed by atoms with van der Waals surface area (Å²) in [6.07, 6.45) is 10.0. The number of terminal acetylenes is 1. The van der Waals surface area contributed by atoms with Gasteiger partial charge in [-0.15, -0.1) is 6.42 Å². The average Bonchev–Trinajstić information content (AvgIpc) is 2.56. The van der Waals surface area contributed by atoms with E-state index in [9.17, 15) is 4.79 Å². The quantitative estimate of drug-likeness (QED) is 0.732. The molecule has 1 amide bonds. The molecule has 16 heavy (non-hydrogen) atoms. The highest BCUT2D eigenvalue weighted by Crippen LogP contribution is 2.10. The third-order valence-electron chi connectivity index (χ3n) is 3.04. The van der Waals surface area contributed by atoms with Crippen molar-refractivity contribution in [2.75, 3.05) is 13.1 Å². The van der Waals surface area contributed by atoms with Crippen molar-refractivity contribution in [3.8, 4) is 12.3 Å². The van der Waals surface area contributed by atoms with E-state index in [1.165, 1.54) is 12.8 Å². The second-order valence-electron chi connectivity index (χ2n) is 4.52. The van der Waals surface area contributed by atoms with Crippen molar-refractivity contribution in [1.29, 1.82) is 0 Å². The first-order valence-corrected chi connectivity index (χ1v) is 6.16. The Balaban J connectivity index is 2.45. The lowest BCUT2D eigenvalue weighted by molar-refractivity contribution is -0.133. The highest BCUT2D eigenvalue weighted by atomic mass is 16.2. The van der Waals surface area contributed by atoms with E-state index in [1.807, 2.05) is 18.7 Å². The van der Waals surface area contributed by atoms with Crippen LogP contribution in [0, 0.1) is 12.3 Å². The third kappa shape index (κ3) is 3.86. The molecule has 1 N–H and O–H groups in total. The molecule has 0 radical (unpaired) electrons. The Morgan fingerprint density at radius 3 is 2.31 bits per heavy atom. The van der Waals surface area contributed by atoms with Crippen LogP contribution in [0.2, 0.25) is 0 Å². The minimum absolute atomic E-state index is 0.0501. The largest absolute Gasteiger partial charge is 0.341 e. The van der Waals surface area contributed by atoms with Crippen LogP contribution in [0.25, 0.3) is 0 Å². The fraction of sp³-hybridized carbons (Fsp3) is 0.769. The van der Waals surface area contributed by atoms with E-state index >= 15 is 0 Å². The van der Waals surface area contributed by atoms with Gasteiger partial charge in [0, 0.05) is 13.1 Å². The molecule has 1 aliphatic rings. The molecule has 0 aromatic carbocycles. The number of hydrogen-bond acceptors (Lipinski definition) is 2. The third-order valence-corrected chi connectivity index (χ3v) is 3.04. The van der Waals surface area contributed by atoms with Gasteiger partial charge in [0.1, 0.15) is 0 Å². The maximum atomic E-state index is 12.1. The number of hydrogen-bond donors (Lipinski definition) is 1. The summed E-state index contributed by atoms with van der Waals surface area (Å²) in [7, 11) is 0. The van der Waals surface area contributed by atoms with Crippen LogP contribution in [0.3, 0.4) is 0 Å². The molecule has 2 atom stereocenters. The Bertz CT molecular complexity index is 262. The molecule has 0 aromatic rings. The topological polar surface area (TPSA) is 32.3 Å². The van der Waals surface area contributed by atoms with Crippen molar-refractivity contribution in [1.82, 2.24) is 10.2 Å². The predicted molar refractivity (Wildman–Crippen MR) is 65.9 cm³/mol. The van der Waals surface area contributed by atoms with Crippen LogP contribution in [0.4, 0.5) is 0 Å². The van der Waals surface area contributed by atoms with Gasteiger partial charge in [-0.2, -0.15) is 0 Å². The van der Waals surface area contributed by atoms with E-state index < -0.39 is 0 Å². The first-order valence-electron chi connectivity index (χ1n) is 6.16. The van der Waals surface area contributed by atoms with Crippen LogP contribution in [0.1, 0.15) is 39.5 Å². The van der Waals surface area contributed by atoms with Crippen molar-refractivity contribution in [2.24, 2.45) is 0 Å². The van der Waals surface area contributed by atoms with Gasteiger partial charge in [0.15, 0.2) is 0 Å². The first-order chi connectivity index (χ1) is 7.65. The van der Waals surface area contributed by atoms with E-state index in [0.717, 1.165) is 25.9 Å². The number of rotatable bonds is 3. The van der Waals surface area contributed by atoms with Gasteiger partial charge in [-0.05, 0) is 26.7 Å². The van der Waals surface area contributed by atoms with Gasteiger partial charge < -0.3 is 4.90 Å². The van der Waals surface area contributed by atoms with Crippen LogP contribution >= 0.6 is 0 Å². The Kier molecular flexibility index (Phi) is 5.34. The molecule has 0 bridgehead atoms. The normalized spacial score (nSPS) is 20.7. The first kappa shape index (κ1) is 13.1. The smallest absolute Gasteiger partial charge is 0.239 e. The number of likely N-dealkylation sites (tertiary alicyclic amines) is 1. The molecule has 0 aromatic heterocycles. The molecule has 3 nitrogen and oxygen atoms in total. The SMILES string of the molecule is C#CC(C)NC(C)C(=O)N1CCCCCC1. The second kappa shape index (κ2) is 6.55. The average molecular weight is 222 g/mol. The highest BCUT2D eigenvalue weighted by molar-refractivity contribution is 5.81. The lowest BCUT2D eigenvalue weighted by Gasteiger charge is -2.25. The summed E-state index contributed by atoms with van der Waals surface area (Å²) in [6.45, 7) is 5.58. The van der Waals surface area contributed by atoms with Crippen molar-refractivity contribution in [3.05, 3.63) is 0 Å². The van der Waals surface area contributed by atoms with Gasteiger partial charge in [0.25, 0.3) is 0 Å². The van der Waals surface area contributed by atoms with Gasteiger partial charge in [0.05, 0.1) is 12.1 Å². The summed E-state index contributed by atoms with van der Waals surface area (Å²) in [6, 6.07) is -0.227. The van der Waals surface area contributed by atoms with Crippen LogP contribution in [-0.4, -0.2) is 36.0 Å². The van der Waals surface area contributed by atoms with Crippen LogP contribution in [-0.2, 0) is 4.79 Å². The number of carbonyl (C=O) groups excluding carboxylic acids is 1. The van der Waals surface area contributed by atoms with Gasteiger partial charge >= 0.3 is 0 Å². The molecule has 1 fully saturated rings. The number of nitrogens with zero attached hydrogens (tertiary/aromatic N) is 1. The van der Waals surface area contributed by atoms with E-state index in [1.54, 1.807) is 0 Å². The predicted octanol–water partition coefficient (Wildman–Crippen LogP) is 1.39. The zero-order chi connectivity index (χ0) is 12.0. The van der Waals surface area contributed by atoms with Crippen LogP contribution in [0.15, 0.2) is 0 Å². The van der Waals surface area contributed by atoms with Gasteiger partial charge in [-0.3, -0.25) is 10.1 Å². The van der Waals surface area contributed by atoms with Crippen molar-refractivity contribution < 1.29 is 4.79 Å². The molecule has 1 rings (SSSR count). The summed E-state index contributed by atoms with van der Waals surface area (Å²) in [5.41, 5.74) is 0. The van der Waals surface area contributed by atoms with Crippen LogP contribution in [0.5, 0.6) is 0 Å². The summed E-state index contributed by atoms with van der Waals surface area (Å²) in [5.74, 6) is 2.77. The monoisotopic (exact) mass is 222 g/mol. The molecule has 1 aliphatic heterocycles. The van der Waals surface area contributed by atoms with Gasteiger partial charge in [-0.25, -0.2) is 0 Å². The van der Waals surface area contributed by atoms with E-state index in [4.69, 9.17) is 6.42 Å². The fourth-order valence-electron chi connectivity index (χ4n) is 2.06. The molecule has 0 aliphatic carbocycles. The van der Waals surface area contributed by atoms with Crippen molar-refractivity contribution >= 4 is 5.91 Å². The zero-order valence-corrected chi connectivity index (χ0v) is 10.3. The maximum Gasteiger partial charge on any atom is 0.239 e. The lowest BCUT2D eigenvalue weighted by atomic mass is 10.2. The molecule has 1 heterocycles.